The number of hydrogen-bond acceptors (Lipinski definition) is 2. The Labute approximate surface area is 111 Å². The summed E-state index contributed by atoms with van der Waals surface area (Å²) in [5, 5.41) is 0. The predicted octanol–water partition coefficient (Wildman–Crippen LogP) is 2.53. The van der Waals surface area contributed by atoms with Gasteiger partial charge in [-0.1, -0.05) is 35.0 Å². The van der Waals surface area contributed by atoms with Crippen molar-refractivity contribution in [3.05, 3.63) is 34.3 Å². The van der Waals surface area contributed by atoms with Crippen LogP contribution in [0.2, 0.25) is 0 Å². The highest BCUT2D eigenvalue weighted by atomic mass is 79.9. The largest absolute Gasteiger partial charge is 0.335 e. The summed E-state index contributed by atoms with van der Waals surface area (Å²) in [5.74, 6) is -0.000625. The summed E-state index contributed by atoms with van der Waals surface area (Å²) < 4.78 is 1.03. The molecule has 0 heterocycles. The van der Waals surface area contributed by atoms with Crippen LogP contribution < -0.4 is 5.73 Å². The molecule has 0 aliphatic carbocycles. The van der Waals surface area contributed by atoms with Gasteiger partial charge in [0.05, 0.1) is 6.54 Å². The molecule has 3 nitrogen and oxygen atoms in total. The number of hydrogen-bond donors (Lipinski definition) is 1. The maximum absolute atomic E-state index is 11.8. The summed E-state index contributed by atoms with van der Waals surface area (Å²) in [5.41, 5.74) is 6.56. The lowest BCUT2D eigenvalue weighted by Gasteiger charge is -2.28. The Morgan fingerprint density at radius 1 is 1.53 bits per heavy atom. The molecule has 1 aromatic carbocycles. The first kappa shape index (κ1) is 14.2. The number of rotatable bonds is 5. The Morgan fingerprint density at radius 3 is 2.76 bits per heavy atom. The Bertz CT molecular complexity index is 381. The van der Waals surface area contributed by atoms with Crippen molar-refractivity contribution >= 4 is 21.8 Å². The van der Waals surface area contributed by atoms with Crippen molar-refractivity contribution in [1.82, 2.24) is 4.90 Å². The fourth-order valence-electron chi connectivity index (χ4n) is 1.66. The van der Waals surface area contributed by atoms with Gasteiger partial charge in [0, 0.05) is 17.1 Å². The van der Waals surface area contributed by atoms with E-state index < -0.39 is 0 Å². The average molecular weight is 299 g/mol. The first-order valence-corrected chi connectivity index (χ1v) is 6.61. The Morgan fingerprint density at radius 2 is 2.24 bits per heavy atom. The first-order chi connectivity index (χ1) is 8.08. The number of halogens is 1. The van der Waals surface area contributed by atoms with Gasteiger partial charge >= 0.3 is 0 Å². The molecule has 1 amide bonds. The SMILES string of the molecule is CCC(C)N(Cc1cccc(Br)c1)C(=O)CN. The second kappa shape index (κ2) is 6.77. The van der Waals surface area contributed by atoms with Gasteiger partial charge in [-0.15, -0.1) is 0 Å². The van der Waals surface area contributed by atoms with Crippen LogP contribution in [0.5, 0.6) is 0 Å². The first-order valence-electron chi connectivity index (χ1n) is 5.82. The zero-order valence-corrected chi connectivity index (χ0v) is 11.9. The summed E-state index contributed by atoms with van der Waals surface area (Å²) in [7, 11) is 0. The van der Waals surface area contributed by atoms with Crippen molar-refractivity contribution in [2.45, 2.75) is 32.9 Å². The molecule has 0 aromatic heterocycles. The van der Waals surface area contributed by atoms with Gasteiger partial charge in [0.25, 0.3) is 0 Å². The van der Waals surface area contributed by atoms with Gasteiger partial charge in [-0.25, -0.2) is 0 Å². The van der Waals surface area contributed by atoms with Crippen molar-refractivity contribution in [3.8, 4) is 0 Å². The van der Waals surface area contributed by atoms with Crippen LogP contribution in [0.1, 0.15) is 25.8 Å². The number of nitrogens with zero attached hydrogens (tertiary/aromatic N) is 1. The topological polar surface area (TPSA) is 46.3 Å². The Kier molecular flexibility index (Phi) is 5.65. The van der Waals surface area contributed by atoms with Gasteiger partial charge < -0.3 is 10.6 Å². The number of carbonyl (C=O) groups is 1. The molecule has 0 spiro atoms. The van der Waals surface area contributed by atoms with E-state index in [1.54, 1.807) is 0 Å². The third-order valence-electron chi connectivity index (χ3n) is 2.86. The quantitative estimate of drug-likeness (QED) is 0.908. The minimum atomic E-state index is -0.000625. The molecule has 0 saturated carbocycles. The van der Waals surface area contributed by atoms with E-state index >= 15 is 0 Å². The summed E-state index contributed by atoms with van der Waals surface area (Å²) in [4.78, 5) is 13.6. The van der Waals surface area contributed by atoms with E-state index in [-0.39, 0.29) is 18.5 Å². The fraction of sp³-hybridized carbons (Fsp3) is 0.462. The molecule has 1 unspecified atom stereocenters. The van der Waals surface area contributed by atoms with Crippen LogP contribution in [0.15, 0.2) is 28.7 Å². The van der Waals surface area contributed by atoms with Crippen molar-refractivity contribution in [2.24, 2.45) is 5.73 Å². The molecule has 0 aliphatic heterocycles. The van der Waals surface area contributed by atoms with Crippen LogP contribution in [0, 0.1) is 0 Å². The van der Waals surface area contributed by atoms with Gasteiger partial charge in [-0.2, -0.15) is 0 Å². The summed E-state index contributed by atoms with van der Waals surface area (Å²) >= 11 is 3.43. The summed E-state index contributed by atoms with van der Waals surface area (Å²) in [6.45, 7) is 4.80. The molecule has 1 atom stereocenters. The lowest BCUT2D eigenvalue weighted by molar-refractivity contribution is -0.132. The highest BCUT2D eigenvalue weighted by Gasteiger charge is 2.17. The van der Waals surface area contributed by atoms with Gasteiger partial charge in [0.1, 0.15) is 0 Å². The summed E-state index contributed by atoms with van der Waals surface area (Å²) in [6, 6.07) is 8.21. The molecular weight excluding hydrogens is 280 g/mol. The molecule has 4 heteroatoms. The van der Waals surface area contributed by atoms with Crippen LogP contribution in [0.4, 0.5) is 0 Å². The molecule has 2 N–H and O–H groups in total. The zero-order valence-electron chi connectivity index (χ0n) is 10.3. The molecule has 0 bridgehead atoms. The second-order valence-corrected chi connectivity index (χ2v) is 5.03. The fourth-order valence-corrected chi connectivity index (χ4v) is 2.11. The lowest BCUT2D eigenvalue weighted by atomic mass is 10.1. The standard InChI is InChI=1S/C13H19BrN2O/c1-3-10(2)16(13(17)8-15)9-11-5-4-6-12(14)7-11/h4-7,10H,3,8-9,15H2,1-2H3. The monoisotopic (exact) mass is 298 g/mol. The van der Waals surface area contributed by atoms with Gasteiger partial charge in [-0.3, -0.25) is 4.79 Å². The van der Waals surface area contributed by atoms with E-state index in [1.165, 1.54) is 0 Å². The van der Waals surface area contributed by atoms with Crippen LogP contribution in [-0.2, 0) is 11.3 Å². The highest BCUT2D eigenvalue weighted by Crippen LogP contribution is 2.15. The molecular formula is C13H19BrN2O. The minimum Gasteiger partial charge on any atom is -0.335 e. The van der Waals surface area contributed by atoms with Crippen molar-refractivity contribution < 1.29 is 4.79 Å². The van der Waals surface area contributed by atoms with Crippen molar-refractivity contribution in [1.29, 1.82) is 0 Å². The molecule has 1 aromatic rings. The minimum absolute atomic E-state index is 0.000625. The maximum Gasteiger partial charge on any atom is 0.236 e. The number of benzene rings is 1. The number of nitrogens with two attached hydrogens (primary N) is 1. The van der Waals surface area contributed by atoms with Gasteiger partial charge in [0.15, 0.2) is 0 Å². The normalized spacial score (nSPS) is 12.2. The predicted molar refractivity (Wildman–Crippen MR) is 73.5 cm³/mol. The van der Waals surface area contributed by atoms with Gasteiger partial charge in [-0.05, 0) is 31.0 Å². The summed E-state index contributed by atoms with van der Waals surface area (Å²) in [6.07, 6.45) is 0.930. The molecule has 0 radical (unpaired) electrons. The second-order valence-electron chi connectivity index (χ2n) is 4.11. The van der Waals surface area contributed by atoms with Crippen molar-refractivity contribution in [3.63, 3.8) is 0 Å². The molecule has 0 saturated heterocycles. The zero-order chi connectivity index (χ0) is 12.8. The van der Waals surface area contributed by atoms with E-state index in [1.807, 2.05) is 36.1 Å². The van der Waals surface area contributed by atoms with Crippen LogP contribution in [0.25, 0.3) is 0 Å². The van der Waals surface area contributed by atoms with E-state index in [4.69, 9.17) is 5.73 Å². The molecule has 0 aliphatic rings. The Hall–Kier alpha value is -0.870. The van der Waals surface area contributed by atoms with E-state index in [9.17, 15) is 4.79 Å². The van der Waals surface area contributed by atoms with E-state index in [0.717, 1.165) is 16.5 Å². The van der Waals surface area contributed by atoms with Crippen molar-refractivity contribution in [2.75, 3.05) is 6.54 Å². The van der Waals surface area contributed by atoms with Crippen LogP contribution in [-0.4, -0.2) is 23.4 Å². The third-order valence-corrected chi connectivity index (χ3v) is 3.35. The Balaban J connectivity index is 2.82. The molecule has 0 fully saturated rings. The average Bonchev–Trinajstić information content (AvgIpc) is 2.34. The van der Waals surface area contributed by atoms with E-state index in [0.29, 0.717) is 6.54 Å². The van der Waals surface area contributed by atoms with Crippen LogP contribution in [0.3, 0.4) is 0 Å². The molecule has 17 heavy (non-hydrogen) atoms. The third kappa shape index (κ3) is 4.13. The van der Waals surface area contributed by atoms with Gasteiger partial charge in [0.2, 0.25) is 5.91 Å². The maximum atomic E-state index is 11.8. The lowest BCUT2D eigenvalue weighted by Crippen LogP contribution is -2.41. The highest BCUT2D eigenvalue weighted by molar-refractivity contribution is 9.10. The van der Waals surface area contributed by atoms with E-state index in [2.05, 4.69) is 22.9 Å². The smallest absolute Gasteiger partial charge is 0.236 e. The number of amides is 1. The molecule has 94 valence electrons. The molecule has 1 rings (SSSR count). The van der Waals surface area contributed by atoms with Crippen LogP contribution >= 0.6 is 15.9 Å². The number of carbonyl (C=O) groups excluding carboxylic acids is 1.